The second kappa shape index (κ2) is 3.81. The molecule has 0 bridgehead atoms. The Morgan fingerprint density at radius 2 is 2.00 bits per heavy atom. The maximum Gasteiger partial charge on any atom is 0.0447 e. The van der Waals surface area contributed by atoms with Crippen LogP contribution in [0.5, 0.6) is 0 Å². The van der Waals surface area contributed by atoms with Crippen molar-refractivity contribution in [3.8, 4) is 0 Å². The van der Waals surface area contributed by atoms with Crippen molar-refractivity contribution in [2.24, 2.45) is 0 Å². The minimum absolute atomic E-state index is 0.856. The number of aromatic nitrogens is 2. The lowest BCUT2D eigenvalue weighted by molar-refractivity contribution is 1.06. The highest BCUT2D eigenvalue weighted by Crippen LogP contribution is 2.03. The number of hydrogen-bond donors (Lipinski definition) is 0. The van der Waals surface area contributed by atoms with E-state index >= 15 is 0 Å². The lowest BCUT2D eigenvalue weighted by Gasteiger charge is -1.98. The predicted molar refractivity (Wildman–Crippen MR) is 51.3 cm³/mol. The van der Waals surface area contributed by atoms with E-state index in [1.807, 2.05) is 36.7 Å². The second-order valence-electron chi connectivity index (χ2n) is 2.86. The lowest BCUT2D eigenvalue weighted by Crippen LogP contribution is -1.90. The molecule has 0 atom stereocenters. The summed E-state index contributed by atoms with van der Waals surface area (Å²) >= 11 is 0. The Morgan fingerprint density at radius 1 is 1.00 bits per heavy atom. The molecular formula is C11H10N2. The van der Waals surface area contributed by atoms with Gasteiger partial charge in [0.15, 0.2) is 0 Å². The molecule has 0 spiro atoms. The zero-order valence-electron chi connectivity index (χ0n) is 7.22. The monoisotopic (exact) mass is 170 g/mol. The fraction of sp³-hybridized carbons (Fsp3) is 0.0909. The Balaban J connectivity index is 2.16. The van der Waals surface area contributed by atoms with Crippen molar-refractivity contribution in [1.82, 2.24) is 9.97 Å². The van der Waals surface area contributed by atoms with Gasteiger partial charge in [0.2, 0.25) is 0 Å². The maximum absolute atomic E-state index is 4.25. The average Bonchev–Trinajstić information content (AvgIpc) is 2.21. The van der Waals surface area contributed by atoms with E-state index in [4.69, 9.17) is 0 Å². The van der Waals surface area contributed by atoms with E-state index in [0.717, 1.165) is 12.1 Å². The van der Waals surface area contributed by atoms with Gasteiger partial charge in [0, 0.05) is 30.7 Å². The molecule has 0 radical (unpaired) electrons. The van der Waals surface area contributed by atoms with Crippen LogP contribution in [0.15, 0.2) is 48.9 Å². The number of nitrogens with zero attached hydrogens (tertiary/aromatic N) is 2. The van der Waals surface area contributed by atoms with Gasteiger partial charge in [-0.2, -0.15) is 0 Å². The summed E-state index contributed by atoms with van der Waals surface area (Å²) in [4.78, 5) is 8.30. The summed E-state index contributed by atoms with van der Waals surface area (Å²) in [5.74, 6) is 0. The highest BCUT2D eigenvalue weighted by Gasteiger charge is 1.94. The van der Waals surface area contributed by atoms with Crippen LogP contribution in [-0.4, -0.2) is 9.97 Å². The molecule has 2 rings (SSSR count). The Bertz CT molecular complexity index is 319. The Hall–Kier alpha value is -1.70. The molecule has 0 N–H and O–H groups in total. The van der Waals surface area contributed by atoms with Crippen LogP contribution < -0.4 is 0 Å². The fourth-order valence-electron chi connectivity index (χ4n) is 1.21. The van der Waals surface area contributed by atoms with Crippen LogP contribution in [0.3, 0.4) is 0 Å². The lowest BCUT2D eigenvalue weighted by atomic mass is 10.1. The number of pyridine rings is 2. The van der Waals surface area contributed by atoms with Gasteiger partial charge in [0.25, 0.3) is 0 Å². The summed E-state index contributed by atoms with van der Waals surface area (Å²) in [7, 11) is 0. The molecule has 0 aliphatic rings. The van der Waals surface area contributed by atoms with E-state index in [-0.39, 0.29) is 0 Å². The summed E-state index contributed by atoms with van der Waals surface area (Å²) in [6.07, 6.45) is 6.32. The van der Waals surface area contributed by atoms with E-state index < -0.39 is 0 Å². The molecule has 2 heterocycles. The van der Waals surface area contributed by atoms with E-state index in [0.29, 0.717) is 0 Å². The third-order valence-electron chi connectivity index (χ3n) is 1.83. The summed E-state index contributed by atoms with van der Waals surface area (Å²) in [6, 6.07) is 9.94. The smallest absolute Gasteiger partial charge is 0.0447 e. The van der Waals surface area contributed by atoms with Crippen LogP contribution in [-0.2, 0) is 6.42 Å². The average molecular weight is 170 g/mol. The number of rotatable bonds is 2. The van der Waals surface area contributed by atoms with Crippen molar-refractivity contribution in [3.63, 3.8) is 0 Å². The predicted octanol–water partition coefficient (Wildman–Crippen LogP) is 2.07. The molecule has 2 heteroatoms. The van der Waals surface area contributed by atoms with E-state index in [1.54, 1.807) is 6.20 Å². The molecule has 13 heavy (non-hydrogen) atoms. The molecule has 2 aromatic heterocycles. The Labute approximate surface area is 77.3 Å². The Kier molecular flexibility index (Phi) is 2.32. The molecule has 0 unspecified atom stereocenters. The third kappa shape index (κ3) is 2.12. The largest absolute Gasteiger partial charge is 0.264 e. The van der Waals surface area contributed by atoms with Crippen molar-refractivity contribution in [1.29, 1.82) is 0 Å². The molecule has 0 aromatic carbocycles. The van der Waals surface area contributed by atoms with Crippen LogP contribution in [0.25, 0.3) is 0 Å². The highest BCUT2D eigenvalue weighted by molar-refractivity contribution is 5.17. The molecule has 0 amide bonds. The SMILES string of the molecule is c1ccc(Cc2cccnc2)nc1. The first kappa shape index (κ1) is 7.92. The van der Waals surface area contributed by atoms with E-state index in [1.165, 1.54) is 5.56 Å². The topological polar surface area (TPSA) is 25.8 Å². The van der Waals surface area contributed by atoms with E-state index in [9.17, 15) is 0 Å². The van der Waals surface area contributed by atoms with Gasteiger partial charge < -0.3 is 0 Å². The quantitative estimate of drug-likeness (QED) is 0.689. The van der Waals surface area contributed by atoms with Crippen molar-refractivity contribution >= 4 is 0 Å². The van der Waals surface area contributed by atoms with Gasteiger partial charge in [0.1, 0.15) is 0 Å². The first-order chi connectivity index (χ1) is 6.45. The van der Waals surface area contributed by atoms with Crippen LogP contribution in [0, 0.1) is 0 Å². The fourth-order valence-corrected chi connectivity index (χ4v) is 1.21. The minimum Gasteiger partial charge on any atom is -0.264 e. The summed E-state index contributed by atoms with van der Waals surface area (Å²) in [5.41, 5.74) is 2.27. The maximum atomic E-state index is 4.25. The molecule has 0 aliphatic carbocycles. The molecule has 64 valence electrons. The van der Waals surface area contributed by atoms with Crippen molar-refractivity contribution in [2.45, 2.75) is 6.42 Å². The Morgan fingerprint density at radius 3 is 2.69 bits per heavy atom. The molecule has 2 aromatic rings. The molecule has 0 aliphatic heterocycles. The second-order valence-corrected chi connectivity index (χ2v) is 2.86. The van der Waals surface area contributed by atoms with Crippen LogP contribution in [0.4, 0.5) is 0 Å². The van der Waals surface area contributed by atoms with Crippen molar-refractivity contribution in [3.05, 3.63) is 60.2 Å². The zero-order valence-corrected chi connectivity index (χ0v) is 7.22. The minimum atomic E-state index is 0.856. The van der Waals surface area contributed by atoms with Gasteiger partial charge in [-0.15, -0.1) is 0 Å². The van der Waals surface area contributed by atoms with Gasteiger partial charge in [-0.05, 0) is 23.8 Å². The van der Waals surface area contributed by atoms with Crippen LogP contribution in [0.2, 0.25) is 0 Å². The standard InChI is InChI=1S/C11H10N2/c1-2-7-13-11(5-1)8-10-4-3-6-12-9-10/h1-7,9H,8H2. The molecule has 2 nitrogen and oxygen atoms in total. The summed E-state index contributed by atoms with van der Waals surface area (Å²) < 4.78 is 0. The normalized spacial score (nSPS) is 9.85. The molecule has 0 saturated carbocycles. The van der Waals surface area contributed by atoms with Gasteiger partial charge in [-0.3, -0.25) is 9.97 Å². The summed E-state index contributed by atoms with van der Waals surface area (Å²) in [6.45, 7) is 0. The van der Waals surface area contributed by atoms with Gasteiger partial charge in [-0.25, -0.2) is 0 Å². The van der Waals surface area contributed by atoms with Gasteiger partial charge in [0.05, 0.1) is 0 Å². The van der Waals surface area contributed by atoms with Crippen molar-refractivity contribution < 1.29 is 0 Å². The summed E-state index contributed by atoms with van der Waals surface area (Å²) in [5, 5.41) is 0. The highest BCUT2D eigenvalue weighted by atomic mass is 14.7. The number of hydrogen-bond acceptors (Lipinski definition) is 2. The van der Waals surface area contributed by atoms with Crippen LogP contribution in [0.1, 0.15) is 11.3 Å². The first-order valence-corrected chi connectivity index (χ1v) is 4.24. The van der Waals surface area contributed by atoms with Gasteiger partial charge in [-0.1, -0.05) is 12.1 Å². The van der Waals surface area contributed by atoms with Gasteiger partial charge >= 0.3 is 0 Å². The molecule has 0 saturated heterocycles. The van der Waals surface area contributed by atoms with E-state index in [2.05, 4.69) is 16.0 Å². The molecule has 0 fully saturated rings. The van der Waals surface area contributed by atoms with Crippen molar-refractivity contribution in [2.75, 3.05) is 0 Å². The zero-order chi connectivity index (χ0) is 8.93. The molecular weight excluding hydrogens is 160 g/mol. The van der Waals surface area contributed by atoms with Crippen LogP contribution >= 0.6 is 0 Å². The third-order valence-corrected chi connectivity index (χ3v) is 1.83. The first-order valence-electron chi connectivity index (χ1n) is 4.24.